The van der Waals surface area contributed by atoms with Crippen molar-refractivity contribution in [3.05, 3.63) is 15.9 Å². The maximum absolute atomic E-state index is 8.59. The standard InChI is InChI=1S/C12H21BrN6O/c1-9-12(13)10(17(2)15-9)7-18-3-5-19(6-4-18)8-11(14)16-20/h20H,3-8H2,1-2H3,(H2,14,16). The third kappa shape index (κ3) is 3.50. The lowest BCUT2D eigenvalue weighted by Crippen LogP contribution is -2.48. The van der Waals surface area contributed by atoms with Crippen LogP contribution < -0.4 is 5.73 Å². The smallest absolute Gasteiger partial charge is 0.153 e. The van der Waals surface area contributed by atoms with Crippen LogP contribution in [0.5, 0.6) is 0 Å². The number of rotatable bonds is 4. The molecule has 2 heterocycles. The molecule has 0 unspecified atom stereocenters. The zero-order chi connectivity index (χ0) is 14.7. The first-order valence-electron chi connectivity index (χ1n) is 6.60. The Kier molecular flexibility index (Phi) is 5.00. The van der Waals surface area contributed by atoms with Gasteiger partial charge in [-0.05, 0) is 22.9 Å². The Bertz CT molecular complexity index is 492. The van der Waals surface area contributed by atoms with Gasteiger partial charge in [0.05, 0.1) is 22.4 Å². The average molecular weight is 345 g/mol. The molecule has 1 saturated heterocycles. The Morgan fingerprint density at radius 1 is 1.35 bits per heavy atom. The molecule has 0 amide bonds. The summed E-state index contributed by atoms with van der Waals surface area (Å²) in [6.07, 6.45) is 0. The van der Waals surface area contributed by atoms with E-state index in [1.54, 1.807) is 0 Å². The van der Waals surface area contributed by atoms with Crippen LogP contribution in [0, 0.1) is 6.92 Å². The molecule has 0 aliphatic carbocycles. The summed E-state index contributed by atoms with van der Waals surface area (Å²) in [6.45, 7) is 7.19. The average Bonchev–Trinajstić information content (AvgIpc) is 2.67. The summed E-state index contributed by atoms with van der Waals surface area (Å²) >= 11 is 3.60. The molecule has 2 rings (SSSR count). The van der Waals surface area contributed by atoms with Crippen LogP contribution in [0.25, 0.3) is 0 Å². The van der Waals surface area contributed by atoms with E-state index in [4.69, 9.17) is 10.9 Å². The summed E-state index contributed by atoms with van der Waals surface area (Å²) in [5, 5.41) is 16.0. The number of aryl methyl sites for hydroxylation is 2. The Morgan fingerprint density at radius 3 is 2.45 bits per heavy atom. The molecule has 0 radical (unpaired) electrons. The fraction of sp³-hybridized carbons (Fsp3) is 0.667. The molecule has 8 heteroatoms. The minimum absolute atomic E-state index is 0.267. The third-order valence-corrected chi connectivity index (χ3v) is 4.65. The van der Waals surface area contributed by atoms with Gasteiger partial charge < -0.3 is 10.9 Å². The molecule has 0 aromatic carbocycles. The van der Waals surface area contributed by atoms with Crippen molar-refractivity contribution in [2.75, 3.05) is 32.7 Å². The number of aromatic nitrogens is 2. The van der Waals surface area contributed by atoms with Crippen molar-refractivity contribution in [2.45, 2.75) is 13.5 Å². The van der Waals surface area contributed by atoms with Crippen molar-refractivity contribution in [3.63, 3.8) is 0 Å². The molecule has 0 atom stereocenters. The van der Waals surface area contributed by atoms with Gasteiger partial charge in [0, 0.05) is 39.8 Å². The molecule has 1 fully saturated rings. The minimum Gasteiger partial charge on any atom is -0.409 e. The van der Waals surface area contributed by atoms with Gasteiger partial charge in [-0.1, -0.05) is 5.16 Å². The Balaban J connectivity index is 1.88. The normalized spacial score (nSPS) is 18.6. The van der Waals surface area contributed by atoms with E-state index in [-0.39, 0.29) is 5.84 Å². The van der Waals surface area contributed by atoms with Gasteiger partial charge in [0.25, 0.3) is 0 Å². The maximum Gasteiger partial charge on any atom is 0.153 e. The van der Waals surface area contributed by atoms with Gasteiger partial charge >= 0.3 is 0 Å². The zero-order valence-electron chi connectivity index (χ0n) is 11.9. The Morgan fingerprint density at radius 2 is 1.95 bits per heavy atom. The molecule has 1 aromatic heterocycles. The van der Waals surface area contributed by atoms with E-state index in [1.807, 2.05) is 18.7 Å². The number of piperazine rings is 1. The lowest BCUT2D eigenvalue weighted by Gasteiger charge is -2.34. The Labute approximate surface area is 127 Å². The topological polar surface area (TPSA) is 82.9 Å². The molecule has 1 aliphatic rings. The van der Waals surface area contributed by atoms with Crippen molar-refractivity contribution < 1.29 is 5.21 Å². The molecule has 1 aromatic rings. The number of nitrogens with zero attached hydrogens (tertiary/aromatic N) is 5. The maximum atomic E-state index is 8.59. The van der Waals surface area contributed by atoms with Crippen LogP contribution in [0.1, 0.15) is 11.4 Å². The third-order valence-electron chi connectivity index (χ3n) is 3.61. The lowest BCUT2D eigenvalue weighted by atomic mass is 10.2. The van der Waals surface area contributed by atoms with Gasteiger partial charge in [-0.15, -0.1) is 0 Å². The molecule has 7 nitrogen and oxygen atoms in total. The summed E-state index contributed by atoms with van der Waals surface area (Å²) in [7, 11) is 1.97. The highest BCUT2D eigenvalue weighted by atomic mass is 79.9. The Hall–Kier alpha value is -1.12. The van der Waals surface area contributed by atoms with Gasteiger partial charge in [-0.2, -0.15) is 5.10 Å². The number of halogens is 1. The second-order valence-electron chi connectivity index (χ2n) is 5.11. The number of nitrogens with two attached hydrogens (primary N) is 1. The number of hydrogen-bond donors (Lipinski definition) is 2. The molecule has 0 saturated carbocycles. The van der Waals surface area contributed by atoms with E-state index >= 15 is 0 Å². The minimum atomic E-state index is 0.267. The predicted octanol–water partition coefficient (Wildman–Crippen LogP) is 0.355. The van der Waals surface area contributed by atoms with Crippen LogP contribution in [-0.2, 0) is 13.6 Å². The van der Waals surface area contributed by atoms with Crippen LogP contribution in [0.3, 0.4) is 0 Å². The van der Waals surface area contributed by atoms with Gasteiger partial charge in [0.1, 0.15) is 0 Å². The summed E-state index contributed by atoms with van der Waals surface area (Å²) in [6, 6.07) is 0. The van der Waals surface area contributed by atoms with Crippen LogP contribution in [0.2, 0.25) is 0 Å². The monoisotopic (exact) mass is 344 g/mol. The summed E-state index contributed by atoms with van der Waals surface area (Å²) < 4.78 is 3.03. The van der Waals surface area contributed by atoms with Gasteiger partial charge in [-0.3, -0.25) is 14.5 Å². The molecule has 0 bridgehead atoms. The van der Waals surface area contributed by atoms with Gasteiger partial charge in [-0.25, -0.2) is 0 Å². The molecular weight excluding hydrogens is 324 g/mol. The highest BCUT2D eigenvalue weighted by molar-refractivity contribution is 9.10. The highest BCUT2D eigenvalue weighted by Crippen LogP contribution is 2.22. The van der Waals surface area contributed by atoms with Gasteiger partial charge in [0.15, 0.2) is 5.84 Å². The predicted molar refractivity (Wildman–Crippen MR) is 80.8 cm³/mol. The largest absolute Gasteiger partial charge is 0.409 e. The molecule has 1 aliphatic heterocycles. The van der Waals surface area contributed by atoms with Crippen LogP contribution in [-0.4, -0.2) is 63.3 Å². The van der Waals surface area contributed by atoms with Crippen LogP contribution in [0.4, 0.5) is 0 Å². The molecule has 0 spiro atoms. The second kappa shape index (κ2) is 6.55. The first-order valence-corrected chi connectivity index (χ1v) is 7.39. The summed E-state index contributed by atoms with van der Waals surface area (Å²) in [5.41, 5.74) is 7.75. The van der Waals surface area contributed by atoms with Crippen molar-refractivity contribution in [1.82, 2.24) is 19.6 Å². The quantitative estimate of drug-likeness (QED) is 0.356. The number of amidine groups is 1. The van der Waals surface area contributed by atoms with E-state index in [9.17, 15) is 0 Å². The second-order valence-corrected chi connectivity index (χ2v) is 5.91. The number of hydrogen-bond acceptors (Lipinski definition) is 5. The SMILES string of the molecule is Cc1nn(C)c(CN2CCN(CC(N)=NO)CC2)c1Br. The fourth-order valence-electron chi connectivity index (χ4n) is 2.43. The highest BCUT2D eigenvalue weighted by Gasteiger charge is 2.20. The van der Waals surface area contributed by atoms with E-state index in [2.05, 4.69) is 36.0 Å². The van der Waals surface area contributed by atoms with Crippen molar-refractivity contribution >= 4 is 21.8 Å². The molecule has 3 N–H and O–H groups in total. The van der Waals surface area contributed by atoms with Crippen LogP contribution >= 0.6 is 15.9 Å². The van der Waals surface area contributed by atoms with E-state index in [0.717, 1.165) is 42.9 Å². The van der Waals surface area contributed by atoms with E-state index in [1.165, 1.54) is 5.69 Å². The van der Waals surface area contributed by atoms with Crippen molar-refractivity contribution in [2.24, 2.45) is 17.9 Å². The number of oxime groups is 1. The molecular formula is C12H21BrN6O. The zero-order valence-corrected chi connectivity index (χ0v) is 13.5. The lowest BCUT2D eigenvalue weighted by molar-refractivity contribution is 0.136. The first kappa shape index (κ1) is 15.3. The van der Waals surface area contributed by atoms with Crippen molar-refractivity contribution in [1.29, 1.82) is 0 Å². The molecule has 112 valence electrons. The first-order chi connectivity index (χ1) is 9.51. The van der Waals surface area contributed by atoms with E-state index < -0.39 is 0 Å². The van der Waals surface area contributed by atoms with Crippen molar-refractivity contribution in [3.8, 4) is 0 Å². The summed E-state index contributed by atoms with van der Waals surface area (Å²) in [5.74, 6) is 0.267. The fourth-order valence-corrected chi connectivity index (χ4v) is 2.89. The summed E-state index contributed by atoms with van der Waals surface area (Å²) in [4.78, 5) is 4.58. The molecule has 20 heavy (non-hydrogen) atoms. The van der Waals surface area contributed by atoms with Gasteiger partial charge in [0.2, 0.25) is 0 Å². The van der Waals surface area contributed by atoms with E-state index in [0.29, 0.717) is 6.54 Å². The van der Waals surface area contributed by atoms with Crippen LogP contribution in [0.15, 0.2) is 9.63 Å².